The summed E-state index contributed by atoms with van der Waals surface area (Å²) >= 11 is 1.64. The lowest BCUT2D eigenvalue weighted by Gasteiger charge is -2.21. The zero-order valence-electron chi connectivity index (χ0n) is 16.9. The Morgan fingerprint density at radius 3 is 2.63 bits per heavy atom. The largest absolute Gasteiger partial charge is 0.464 e. The lowest BCUT2D eigenvalue weighted by molar-refractivity contribution is -0.148. The van der Waals surface area contributed by atoms with E-state index in [1.54, 1.807) is 22.8 Å². The number of fused-ring (bicyclic) bond motifs is 3. The molecule has 0 saturated heterocycles. The molecule has 3 rings (SSSR count). The van der Waals surface area contributed by atoms with Gasteiger partial charge in [-0.1, -0.05) is 13.8 Å². The number of carbonyl (C=O) groups is 1. The van der Waals surface area contributed by atoms with Gasteiger partial charge in [-0.05, 0) is 58.2 Å². The second-order valence-electron chi connectivity index (χ2n) is 8.03. The molecule has 0 N–H and O–H groups in total. The molecule has 1 aliphatic carbocycles. The Bertz CT molecular complexity index is 898. The molecule has 7 heteroatoms. The van der Waals surface area contributed by atoms with Gasteiger partial charge >= 0.3 is 5.97 Å². The summed E-state index contributed by atoms with van der Waals surface area (Å²) in [5, 5.41) is 0.709. The van der Waals surface area contributed by atoms with E-state index in [9.17, 15) is 9.59 Å². The van der Waals surface area contributed by atoms with Gasteiger partial charge in [0.1, 0.15) is 16.7 Å². The third kappa shape index (κ3) is 4.09. The summed E-state index contributed by atoms with van der Waals surface area (Å²) in [6.07, 6.45) is 4.20. The van der Waals surface area contributed by atoms with Crippen LogP contribution in [0.5, 0.6) is 0 Å². The molecule has 1 atom stereocenters. The van der Waals surface area contributed by atoms with Crippen molar-refractivity contribution in [3.05, 3.63) is 26.6 Å². The Labute approximate surface area is 164 Å². The standard InChI is InChI=1S/C20H29N3O3S/c1-12(2)11-26-20(25)13(3)23-16(10-22(4)5)21-18-17(19(23)24)14-8-6-7-9-15(14)27-18/h12-13H,6-11H2,1-5H3. The molecule has 0 amide bonds. The highest BCUT2D eigenvalue weighted by atomic mass is 32.1. The third-order valence-electron chi connectivity index (χ3n) is 4.84. The molecule has 1 aliphatic rings. The van der Waals surface area contributed by atoms with Gasteiger partial charge in [-0.15, -0.1) is 11.3 Å². The fourth-order valence-electron chi connectivity index (χ4n) is 3.53. The van der Waals surface area contributed by atoms with E-state index in [0.717, 1.165) is 36.1 Å². The predicted octanol–water partition coefficient (Wildman–Crippen LogP) is 3.16. The Morgan fingerprint density at radius 2 is 1.96 bits per heavy atom. The van der Waals surface area contributed by atoms with Gasteiger partial charge in [-0.2, -0.15) is 0 Å². The van der Waals surface area contributed by atoms with Gasteiger partial charge in [-0.3, -0.25) is 9.36 Å². The van der Waals surface area contributed by atoms with Crippen LogP contribution in [-0.2, 0) is 28.9 Å². The van der Waals surface area contributed by atoms with Crippen LogP contribution >= 0.6 is 11.3 Å². The van der Waals surface area contributed by atoms with Crippen molar-refractivity contribution in [1.29, 1.82) is 0 Å². The molecule has 6 nitrogen and oxygen atoms in total. The van der Waals surface area contributed by atoms with Crippen molar-refractivity contribution in [1.82, 2.24) is 14.5 Å². The highest BCUT2D eigenvalue weighted by Crippen LogP contribution is 2.34. The van der Waals surface area contributed by atoms with E-state index in [4.69, 9.17) is 9.72 Å². The summed E-state index contributed by atoms with van der Waals surface area (Å²) in [4.78, 5) is 34.9. The van der Waals surface area contributed by atoms with Gasteiger partial charge in [0.05, 0.1) is 18.5 Å². The molecule has 2 heterocycles. The molecule has 0 spiro atoms. The summed E-state index contributed by atoms with van der Waals surface area (Å²) in [5.74, 6) is 0.491. The minimum Gasteiger partial charge on any atom is -0.464 e. The van der Waals surface area contributed by atoms with Gasteiger partial charge in [0.15, 0.2) is 0 Å². The zero-order chi connectivity index (χ0) is 19.7. The van der Waals surface area contributed by atoms with Crippen molar-refractivity contribution in [2.45, 2.75) is 59.0 Å². The summed E-state index contributed by atoms with van der Waals surface area (Å²) < 4.78 is 6.95. The summed E-state index contributed by atoms with van der Waals surface area (Å²) in [6.45, 7) is 6.56. The molecule has 0 radical (unpaired) electrons. The minimum absolute atomic E-state index is 0.106. The number of nitrogens with zero attached hydrogens (tertiary/aromatic N) is 3. The number of thiophene rings is 1. The highest BCUT2D eigenvalue weighted by molar-refractivity contribution is 7.18. The highest BCUT2D eigenvalue weighted by Gasteiger charge is 2.27. The maximum absolute atomic E-state index is 13.5. The molecule has 2 aromatic heterocycles. The normalized spacial score (nSPS) is 15.4. The molecule has 0 bridgehead atoms. The molecule has 0 saturated carbocycles. The molecule has 0 aromatic carbocycles. The second-order valence-corrected chi connectivity index (χ2v) is 9.12. The van der Waals surface area contributed by atoms with Crippen molar-refractivity contribution >= 4 is 27.5 Å². The summed E-state index contributed by atoms with van der Waals surface area (Å²) in [5.41, 5.74) is 1.04. The van der Waals surface area contributed by atoms with Crippen LogP contribution in [0.4, 0.5) is 0 Å². The second kappa shape index (κ2) is 8.10. The molecule has 2 aromatic rings. The van der Waals surface area contributed by atoms with Crippen LogP contribution in [0.2, 0.25) is 0 Å². The SMILES string of the molecule is CC(C)COC(=O)C(C)n1c(CN(C)C)nc2sc3c(c2c1=O)CCCC3. The van der Waals surface area contributed by atoms with Crippen molar-refractivity contribution in [3.63, 3.8) is 0 Å². The Balaban J connectivity index is 2.11. The molecular formula is C20H29N3O3S. The smallest absolute Gasteiger partial charge is 0.329 e. The molecule has 27 heavy (non-hydrogen) atoms. The van der Waals surface area contributed by atoms with Crippen LogP contribution < -0.4 is 5.56 Å². The average molecular weight is 392 g/mol. The Morgan fingerprint density at radius 1 is 1.26 bits per heavy atom. The van der Waals surface area contributed by atoms with Gasteiger partial charge < -0.3 is 9.64 Å². The number of hydrogen-bond donors (Lipinski definition) is 0. The summed E-state index contributed by atoms with van der Waals surface area (Å²) in [6, 6.07) is -0.692. The Kier molecular flexibility index (Phi) is 6.01. The van der Waals surface area contributed by atoms with Gasteiger partial charge in [-0.25, -0.2) is 9.78 Å². The van der Waals surface area contributed by atoms with E-state index in [1.165, 1.54) is 4.88 Å². The molecule has 0 aliphatic heterocycles. The van der Waals surface area contributed by atoms with E-state index in [2.05, 4.69) is 0 Å². The van der Waals surface area contributed by atoms with E-state index in [1.807, 2.05) is 32.8 Å². The van der Waals surface area contributed by atoms with E-state index in [-0.39, 0.29) is 17.4 Å². The van der Waals surface area contributed by atoms with Crippen LogP contribution in [0.15, 0.2) is 4.79 Å². The third-order valence-corrected chi connectivity index (χ3v) is 6.02. The van der Waals surface area contributed by atoms with Gasteiger partial charge in [0.25, 0.3) is 5.56 Å². The first-order chi connectivity index (χ1) is 12.8. The van der Waals surface area contributed by atoms with E-state index in [0.29, 0.717) is 24.4 Å². The van der Waals surface area contributed by atoms with Crippen LogP contribution in [0.1, 0.15) is 55.9 Å². The number of aromatic nitrogens is 2. The topological polar surface area (TPSA) is 64.4 Å². The van der Waals surface area contributed by atoms with Crippen LogP contribution in [0.3, 0.4) is 0 Å². The van der Waals surface area contributed by atoms with E-state index < -0.39 is 6.04 Å². The Hall–Kier alpha value is -1.73. The number of carbonyl (C=O) groups excluding carboxylic acids is 1. The molecule has 148 valence electrons. The summed E-state index contributed by atoms with van der Waals surface area (Å²) in [7, 11) is 3.86. The number of hydrogen-bond acceptors (Lipinski definition) is 6. The molecule has 0 fully saturated rings. The first-order valence-electron chi connectivity index (χ1n) is 9.66. The zero-order valence-corrected chi connectivity index (χ0v) is 17.7. The van der Waals surface area contributed by atoms with Gasteiger partial charge in [0.2, 0.25) is 0 Å². The number of rotatable bonds is 6. The molecular weight excluding hydrogens is 362 g/mol. The number of ether oxygens (including phenoxy) is 1. The number of esters is 1. The average Bonchev–Trinajstić information content (AvgIpc) is 2.97. The van der Waals surface area contributed by atoms with Crippen LogP contribution in [0, 0.1) is 5.92 Å². The maximum Gasteiger partial charge on any atom is 0.329 e. The maximum atomic E-state index is 13.5. The lowest BCUT2D eigenvalue weighted by Crippen LogP contribution is -2.35. The fourth-order valence-corrected chi connectivity index (χ4v) is 4.80. The lowest BCUT2D eigenvalue weighted by atomic mass is 9.97. The van der Waals surface area contributed by atoms with E-state index >= 15 is 0 Å². The van der Waals surface area contributed by atoms with Crippen molar-refractivity contribution in [2.75, 3.05) is 20.7 Å². The van der Waals surface area contributed by atoms with Crippen LogP contribution in [0.25, 0.3) is 10.2 Å². The molecule has 1 unspecified atom stereocenters. The minimum atomic E-state index is -0.692. The first-order valence-corrected chi connectivity index (χ1v) is 10.5. The van der Waals surface area contributed by atoms with Crippen molar-refractivity contribution < 1.29 is 9.53 Å². The van der Waals surface area contributed by atoms with Crippen molar-refractivity contribution in [3.8, 4) is 0 Å². The van der Waals surface area contributed by atoms with Gasteiger partial charge in [0, 0.05) is 4.88 Å². The number of aryl methyl sites for hydroxylation is 2. The fraction of sp³-hybridized carbons (Fsp3) is 0.650. The van der Waals surface area contributed by atoms with Crippen LogP contribution in [-0.4, -0.2) is 41.1 Å². The monoisotopic (exact) mass is 391 g/mol. The van der Waals surface area contributed by atoms with Crippen molar-refractivity contribution in [2.24, 2.45) is 5.92 Å². The predicted molar refractivity (Wildman–Crippen MR) is 108 cm³/mol. The first kappa shape index (κ1) is 20.0. The quantitative estimate of drug-likeness (QED) is 0.708.